The van der Waals surface area contributed by atoms with Crippen molar-refractivity contribution in [3.8, 4) is 11.3 Å². The normalized spacial score (nSPS) is 16.3. The van der Waals surface area contributed by atoms with Crippen molar-refractivity contribution in [2.75, 3.05) is 6.54 Å². The summed E-state index contributed by atoms with van der Waals surface area (Å²) in [6.45, 7) is 2.20. The Balaban J connectivity index is 1.39. The average molecular weight is 419 g/mol. The van der Waals surface area contributed by atoms with Crippen LogP contribution in [-0.4, -0.2) is 45.3 Å². The van der Waals surface area contributed by atoms with Gasteiger partial charge in [-0.1, -0.05) is 17.3 Å². The second-order valence-electron chi connectivity index (χ2n) is 7.66. The molecule has 1 unspecified atom stereocenters. The molecule has 5 rings (SSSR count). The number of hydrogen-bond acceptors (Lipinski definition) is 5. The molecule has 2 aliphatic rings. The van der Waals surface area contributed by atoms with Gasteiger partial charge in [0.2, 0.25) is 5.91 Å². The van der Waals surface area contributed by atoms with Crippen molar-refractivity contribution in [3.63, 3.8) is 0 Å². The second kappa shape index (κ2) is 7.16. The maximum Gasteiger partial charge on any atom is 0.262 e. The van der Waals surface area contributed by atoms with Crippen molar-refractivity contribution >= 4 is 17.7 Å². The molecule has 3 amide bonds. The predicted molar refractivity (Wildman–Crippen MR) is 107 cm³/mol. The first-order valence-electron chi connectivity index (χ1n) is 9.94. The highest BCUT2D eigenvalue weighted by molar-refractivity contribution is 6.22. The lowest BCUT2D eigenvalue weighted by molar-refractivity contribution is -0.135. The monoisotopic (exact) mass is 419 g/mol. The molecule has 156 valence electrons. The van der Waals surface area contributed by atoms with E-state index in [-0.39, 0.29) is 18.3 Å². The Kier molecular flexibility index (Phi) is 4.43. The van der Waals surface area contributed by atoms with Crippen LogP contribution in [0.2, 0.25) is 0 Å². The lowest BCUT2D eigenvalue weighted by Crippen LogP contribution is -2.50. The molecular formula is C23H18FN3O4. The van der Waals surface area contributed by atoms with Gasteiger partial charge < -0.3 is 9.42 Å². The Morgan fingerprint density at radius 1 is 1.06 bits per heavy atom. The number of carbonyl (C=O) groups excluding carboxylic acids is 3. The summed E-state index contributed by atoms with van der Waals surface area (Å²) < 4.78 is 18.8. The molecule has 0 fully saturated rings. The van der Waals surface area contributed by atoms with Crippen LogP contribution in [-0.2, 0) is 17.8 Å². The van der Waals surface area contributed by atoms with Crippen LogP contribution in [0.25, 0.3) is 11.3 Å². The van der Waals surface area contributed by atoms with Crippen LogP contribution in [0.5, 0.6) is 0 Å². The van der Waals surface area contributed by atoms with Crippen LogP contribution in [0.4, 0.5) is 4.39 Å². The molecule has 3 heterocycles. The largest absolute Gasteiger partial charge is 0.356 e. The molecule has 0 N–H and O–H groups in total. The van der Waals surface area contributed by atoms with Crippen LogP contribution in [0, 0.1) is 5.82 Å². The van der Waals surface area contributed by atoms with Crippen molar-refractivity contribution in [2.45, 2.75) is 25.9 Å². The van der Waals surface area contributed by atoms with Crippen LogP contribution in [0.3, 0.4) is 0 Å². The van der Waals surface area contributed by atoms with Crippen LogP contribution in [0.15, 0.2) is 53.1 Å². The standard InChI is InChI=1S/C23H18FN3O4/c1-13(27-22(29)16-4-2-3-5-17(16)23(27)30)21(28)26-11-10-19-18(12-26)20(31-25-19)14-6-8-15(24)9-7-14/h2-9,13H,10-12H2,1H3. The van der Waals surface area contributed by atoms with Gasteiger partial charge >= 0.3 is 0 Å². The van der Waals surface area contributed by atoms with E-state index >= 15 is 0 Å². The maximum atomic E-state index is 13.3. The first-order valence-corrected chi connectivity index (χ1v) is 9.94. The minimum Gasteiger partial charge on any atom is -0.356 e. The summed E-state index contributed by atoms with van der Waals surface area (Å²) in [4.78, 5) is 41.3. The summed E-state index contributed by atoms with van der Waals surface area (Å²) in [6.07, 6.45) is 0.487. The Bertz CT molecular complexity index is 1180. The average Bonchev–Trinajstić information content (AvgIpc) is 3.32. The lowest BCUT2D eigenvalue weighted by Gasteiger charge is -2.31. The third-order valence-corrected chi connectivity index (χ3v) is 5.83. The molecule has 7 nitrogen and oxygen atoms in total. The predicted octanol–water partition coefficient (Wildman–Crippen LogP) is 3.05. The number of carbonyl (C=O) groups is 3. The number of halogens is 1. The number of nitrogens with zero attached hydrogens (tertiary/aromatic N) is 3. The summed E-state index contributed by atoms with van der Waals surface area (Å²) in [5.74, 6) is -1.12. The van der Waals surface area contributed by atoms with Gasteiger partial charge in [0.25, 0.3) is 11.8 Å². The summed E-state index contributed by atoms with van der Waals surface area (Å²) in [6, 6.07) is 11.5. The Morgan fingerprint density at radius 3 is 2.35 bits per heavy atom. The van der Waals surface area contributed by atoms with Crippen molar-refractivity contribution < 1.29 is 23.3 Å². The zero-order chi connectivity index (χ0) is 21.7. The topological polar surface area (TPSA) is 83.7 Å². The lowest BCUT2D eigenvalue weighted by atomic mass is 10.0. The SMILES string of the molecule is CC(C(=O)N1CCc2noc(-c3ccc(F)cc3)c2C1)N1C(=O)c2ccccc2C1=O. The van der Waals surface area contributed by atoms with E-state index < -0.39 is 17.9 Å². The van der Waals surface area contributed by atoms with Gasteiger partial charge in [0.15, 0.2) is 5.76 Å². The summed E-state index contributed by atoms with van der Waals surface area (Å²) >= 11 is 0. The fourth-order valence-electron chi connectivity index (χ4n) is 4.16. The fraction of sp³-hybridized carbons (Fsp3) is 0.217. The van der Waals surface area contributed by atoms with E-state index in [4.69, 9.17) is 4.52 Å². The van der Waals surface area contributed by atoms with E-state index in [0.717, 1.165) is 16.2 Å². The molecule has 8 heteroatoms. The van der Waals surface area contributed by atoms with E-state index in [0.29, 0.717) is 35.4 Å². The number of hydrogen-bond donors (Lipinski definition) is 0. The molecule has 1 atom stereocenters. The summed E-state index contributed by atoms with van der Waals surface area (Å²) in [5, 5.41) is 4.10. The highest BCUT2D eigenvalue weighted by Crippen LogP contribution is 2.32. The summed E-state index contributed by atoms with van der Waals surface area (Å²) in [5.41, 5.74) is 2.78. The number of fused-ring (bicyclic) bond motifs is 2. The van der Waals surface area contributed by atoms with Gasteiger partial charge in [0.05, 0.1) is 23.4 Å². The van der Waals surface area contributed by atoms with Gasteiger partial charge in [-0.25, -0.2) is 4.39 Å². The van der Waals surface area contributed by atoms with Crippen molar-refractivity contribution in [2.24, 2.45) is 0 Å². The van der Waals surface area contributed by atoms with Crippen LogP contribution >= 0.6 is 0 Å². The van der Waals surface area contributed by atoms with Gasteiger partial charge in [-0.2, -0.15) is 0 Å². The first kappa shape index (κ1) is 19.2. The number of imide groups is 1. The second-order valence-corrected chi connectivity index (χ2v) is 7.66. The molecule has 0 aliphatic carbocycles. The van der Waals surface area contributed by atoms with Crippen LogP contribution in [0.1, 0.15) is 38.9 Å². The molecule has 2 aromatic carbocycles. The van der Waals surface area contributed by atoms with Crippen molar-refractivity contribution in [1.29, 1.82) is 0 Å². The van der Waals surface area contributed by atoms with E-state index in [1.807, 2.05) is 0 Å². The highest BCUT2D eigenvalue weighted by Gasteiger charge is 2.42. The fourth-order valence-corrected chi connectivity index (χ4v) is 4.16. The van der Waals surface area contributed by atoms with E-state index in [2.05, 4.69) is 5.16 Å². The summed E-state index contributed by atoms with van der Waals surface area (Å²) in [7, 11) is 0. The highest BCUT2D eigenvalue weighted by atomic mass is 19.1. The number of amides is 3. The van der Waals surface area contributed by atoms with E-state index in [1.165, 1.54) is 12.1 Å². The minimum absolute atomic E-state index is 0.234. The molecule has 0 saturated heterocycles. The third-order valence-electron chi connectivity index (χ3n) is 5.83. The first-order chi connectivity index (χ1) is 15.0. The zero-order valence-electron chi connectivity index (χ0n) is 16.7. The molecule has 31 heavy (non-hydrogen) atoms. The van der Waals surface area contributed by atoms with Gasteiger partial charge in [0.1, 0.15) is 11.9 Å². The third kappa shape index (κ3) is 3.02. The van der Waals surface area contributed by atoms with E-state index in [9.17, 15) is 18.8 Å². The molecule has 0 saturated carbocycles. The molecule has 3 aromatic rings. The Morgan fingerprint density at radius 2 is 1.71 bits per heavy atom. The Labute approximate surface area is 177 Å². The minimum atomic E-state index is -0.942. The molecule has 0 radical (unpaired) electrons. The molecule has 0 spiro atoms. The number of rotatable bonds is 3. The molecular weight excluding hydrogens is 401 g/mol. The van der Waals surface area contributed by atoms with Gasteiger partial charge in [-0.3, -0.25) is 19.3 Å². The van der Waals surface area contributed by atoms with Gasteiger partial charge in [-0.05, 0) is 43.3 Å². The van der Waals surface area contributed by atoms with Crippen molar-refractivity contribution in [1.82, 2.24) is 15.0 Å². The number of aromatic nitrogens is 1. The maximum absolute atomic E-state index is 13.3. The quantitative estimate of drug-likeness (QED) is 0.610. The van der Waals surface area contributed by atoms with Gasteiger partial charge in [0, 0.05) is 24.1 Å². The van der Waals surface area contributed by atoms with Gasteiger partial charge in [-0.15, -0.1) is 0 Å². The molecule has 2 aliphatic heterocycles. The zero-order valence-corrected chi connectivity index (χ0v) is 16.7. The smallest absolute Gasteiger partial charge is 0.262 e. The van der Waals surface area contributed by atoms with Crippen molar-refractivity contribution in [3.05, 3.63) is 76.7 Å². The number of benzene rings is 2. The van der Waals surface area contributed by atoms with E-state index in [1.54, 1.807) is 48.2 Å². The Hall–Kier alpha value is -3.81. The molecule has 1 aromatic heterocycles. The van der Waals surface area contributed by atoms with Crippen LogP contribution < -0.4 is 0 Å². The molecule has 0 bridgehead atoms.